The predicted molar refractivity (Wildman–Crippen MR) is 69.8 cm³/mol. The largest absolute Gasteiger partial charge is 0.392 e. The van der Waals surface area contributed by atoms with Gasteiger partial charge in [-0.25, -0.2) is 0 Å². The SMILES string of the molecule is OCc1ccc(-c2cccc3c2CCC3)cc1. The highest BCUT2D eigenvalue weighted by Crippen LogP contribution is 2.32. The van der Waals surface area contributed by atoms with Crippen LogP contribution in [0.5, 0.6) is 0 Å². The Bertz CT molecular complexity index is 526. The van der Waals surface area contributed by atoms with Crippen LogP contribution in [0.15, 0.2) is 42.5 Å². The van der Waals surface area contributed by atoms with Gasteiger partial charge in [-0.1, -0.05) is 42.5 Å². The van der Waals surface area contributed by atoms with Crippen molar-refractivity contribution >= 4 is 0 Å². The number of aliphatic hydroxyl groups excluding tert-OH is 1. The Hall–Kier alpha value is -1.60. The van der Waals surface area contributed by atoms with Crippen LogP contribution in [0.3, 0.4) is 0 Å². The van der Waals surface area contributed by atoms with E-state index in [1.54, 1.807) is 0 Å². The average molecular weight is 224 g/mol. The fourth-order valence-electron chi connectivity index (χ4n) is 2.68. The highest BCUT2D eigenvalue weighted by molar-refractivity contribution is 5.69. The maximum absolute atomic E-state index is 9.05. The van der Waals surface area contributed by atoms with E-state index < -0.39 is 0 Å². The van der Waals surface area contributed by atoms with E-state index in [0.29, 0.717) is 0 Å². The molecule has 0 atom stereocenters. The van der Waals surface area contributed by atoms with Crippen molar-refractivity contribution in [3.63, 3.8) is 0 Å². The molecule has 0 aromatic heterocycles. The van der Waals surface area contributed by atoms with Crippen LogP contribution < -0.4 is 0 Å². The van der Waals surface area contributed by atoms with Gasteiger partial charge < -0.3 is 5.11 Å². The lowest BCUT2D eigenvalue weighted by atomic mass is 9.96. The van der Waals surface area contributed by atoms with Crippen LogP contribution in [0.2, 0.25) is 0 Å². The summed E-state index contributed by atoms with van der Waals surface area (Å²) in [6.07, 6.45) is 3.70. The molecule has 1 aliphatic carbocycles. The van der Waals surface area contributed by atoms with Gasteiger partial charge in [0.05, 0.1) is 6.61 Å². The maximum atomic E-state index is 9.05. The summed E-state index contributed by atoms with van der Waals surface area (Å²) in [5.41, 5.74) is 6.63. The molecule has 0 saturated carbocycles. The van der Waals surface area contributed by atoms with E-state index in [9.17, 15) is 0 Å². The first-order valence-electron chi connectivity index (χ1n) is 6.19. The molecule has 1 N–H and O–H groups in total. The van der Waals surface area contributed by atoms with Gasteiger partial charge in [-0.05, 0) is 47.1 Å². The monoisotopic (exact) mass is 224 g/mol. The van der Waals surface area contributed by atoms with Crippen molar-refractivity contribution in [2.24, 2.45) is 0 Å². The predicted octanol–water partition coefficient (Wildman–Crippen LogP) is 3.33. The standard InChI is InChI=1S/C16H16O/c17-11-12-7-9-14(10-8-12)16-6-2-4-13-3-1-5-15(13)16/h2,4,6-10,17H,1,3,5,11H2. The Labute approximate surface area is 102 Å². The molecule has 2 aromatic carbocycles. The lowest BCUT2D eigenvalue weighted by Crippen LogP contribution is -1.89. The fraction of sp³-hybridized carbons (Fsp3) is 0.250. The second-order valence-electron chi connectivity index (χ2n) is 4.65. The van der Waals surface area contributed by atoms with Crippen LogP contribution in [-0.2, 0) is 19.4 Å². The van der Waals surface area contributed by atoms with Gasteiger partial charge in [-0.2, -0.15) is 0 Å². The number of hydrogen-bond donors (Lipinski definition) is 1. The third-order valence-corrected chi connectivity index (χ3v) is 3.59. The van der Waals surface area contributed by atoms with E-state index in [4.69, 9.17) is 5.11 Å². The van der Waals surface area contributed by atoms with Gasteiger partial charge in [0.2, 0.25) is 0 Å². The van der Waals surface area contributed by atoms with Crippen LogP contribution in [0.25, 0.3) is 11.1 Å². The van der Waals surface area contributed by atoms with Crippen molar-refractivity contribution in [1.29, 1.82) is 0 Å². The number of aryl methyl sites for hydroxylation is 1. The second-order valence-corrected chi connectivity index (χ2v) is 4.65. The van der Waals surface area contributed by atoms with E-state index in [1.165, 1.54) is 41.5 Å². The molecule has 17 heavy (non-hydrogen) atoms. The third-order valence-electron chi connectivity index (χ3n) is 3.59. The number of fused-ring (bicyclic) bond motifs is 1. The van der Waals surface area contributed by atoms with Gasteiger partial charge in [0, 0.05) is 0 Å². The van der Waals surface area contributed by atoms with E-state index in [-0.39, 0.29) is 6.61 Å². The Balaban J connectivity index is 2.06. The van der Waals surface area contributed by atoms with E-state index >= 15 is 0 Å². The normalized spacial score (nSPS) is 13.7. The van der Waals surface area contributed by atoms with Crippen molar-refractivity contribution in [3.8, 4) is 11.1 Å². The van der Waals surface area contributed by atoms with Crippen LogP contribution in [0.1, 0.15) is 23.1 Å². The number of rotatable bonds is 2. The molecule has 86 valence electrons. The van der Waals surface area contributed by atoms with Gasteiger partial charge in [0.15, 0.2) is 0 Å². The first-order chi connectivity index (χ1) is 8.38. The van der Waals surface area contributed by atoms with E-state index in [0.717, 1.165) is 5.56 Å². The zero-order valence-electron chi connectivity index (χ0n) is 9.82. The molecule has 0 heterocycles. The van der Waals surface area contributed by atoms with Gasteiger partial charge in [-0.15, -0.1) is 0 Å². The number of hydrogen-bond acceptors (Lipinski definition) is 1. The lowest BCUT2D eigenvalue weighted by molar-refractivity contribution is 0.282. The quantitative estimate of drug-likeness (QED) is 0.829. The van der Waals surface area contributed by atoms with Crippen molar-refractivity contribution in [1.82, 2.24) is 0 Å². The molecule has 0 spiro atoms. The molecular formula is C16H16O. The summed E-state index contributed by atoms with van der Waals surface area (Å²) < 4.78 is 0. The minimum Gasteiger partial charge on any atom is -0.392 e. The molecule has 0 fully saturated rings. The maximum Gasteiger partial charge on any atom is 0.0681 e. The van der Waals surface area contributed by atoms with Gasteiger partial charge in [0.1, 0.15) is 0 Å². The molecular weight excluding hydrogens is 208 g/mol. The molecule has 1 aliphatic rings. The van der Waals surface area contributed by atoms with Crippen LogP contribution >= 0.6 is 0 Å². The summed E-state index contributed by atoms with van der Waals surface area (Å²) in [6.45, 7) is 0.118. The van der Waals surface area contributed by atoms with Gasteiger partial charge in [0.25, 0.3) is 0 Å². The van der Waals surface area contributed by atoms with Crippen molar-refractivity contribution in [2.75, 3.05) is 0 Å². The van der Waals surface area contributed by atoms with Crippen molar-refractivity contribution in [3.05, 3.63) is 59.2 Å². The number of aliphatic hydroxyl groups is 1. The highest BCUT2D eigenvalue weighted by Gasteiger charge is 2.14. The molecule has 1 heteroatoms. The Kier molecular flexibility index (Phi) is 2.69. The third kappa shape index (κ3) is 1.87. The molecule has 3 rings (SSSR count). The highest BCUT2D eigenvalue weighted by atomic mass is 16.3. The molecule has 0 amide bonds. The second kappa shape index (κ2) is 4.34. The molecule has 0 aliphatic heterocycles. The van der Waals surface area contributed by atoms with Crippen molar-refractivity contribution in [2.45, 2.75) is 25.9 Å². The molecule has 0 bridgehead atoms. The zero-order chi connectivity index (χ0) is 11.7. The van der Waals surface area contributed by atoms with Crippen molar-refractivity contribution < 1.29 is 5.11 Å². The fourth-order valence-corrected chi connectivity index (χ4v) is 2.68. The van der Waals surface area contributed by atoms with Crippen LogP contribution in [0.4, 0.5) is 0 Å². The lowest BCUT2D eigenvalue weighted by Gasteiger charge is -2.09. The number of benzene rings is 2. The zero-order valence-corrected chi connectivity index (χ0v) is 9.82. The first-order valence-corrected chi connectivity index (χ1v) is 6.19. The van der Waals surface area contributed by atoms with E-state index in [2.05, 4.69) is 30.3 Å². The molecule has 1 nitrogen and oxygen atoms in total. The summed E-state index contributed by atoms with van der Waals surface area (Å²) in [6, 6.07) is 14.8. The summed E-state index contributed by atoms with van der Waals surface area (Å²) in [5.74, 6) is 0. The van der Waals surface area contributed by atoms with Crippen LogP contribution in [-0.4, -0.2) is 5.11 Å². The smallest absolute Gasteiger partial charge is 0.0681 e. The summed E-state index contributed by atoms with van der Waals surface area (Å²) in [5, 5.41) is 9.05. The minimum atomic E-state index is 0.118. The Morgan fingerprint density at radius 2 is 1.76 bits per heavy atom. The minimum absolute atomic E-state index is 0.118. The summed E-state index contributed by atoms with van der Waals surface area (Å²) >= 11 is 0. The summed E-state index contributed by atoms with van der Waals surface area (Å²) in [7, 11) is 0. The molecule has 0 saturated heterocycles. The average Bonchev–Trinajstić information content (AvgIpc) is 2.87. The summed E-state index contributed by atoms with van der Waals surface area (Å²) in [4.78, 5) is 0. The molecule has 0 radical (unpaired) electrons. The first kappa shape index (κ1) is 10.5. The Morgan fingerprint density at radius 1 is 0.941 bits per heavy atom. The Morgan fingerprint density at radius 3 is 2.53 bits per heavy atom. The van der Waals surface area contributed by atoms with Gasteiger partial charge in [-0.3, -0.25) is 0 Å². The van der Waals surface area contributed by atoms with Gasteiger partial charge >= 0.3 is 0 Å². The topological polar surface area (TPSA) is 20.2 Å². The molecule has 2 aromatic rings. The van der Waals surface area contributed by atoms with E-state index in [1.807, 2.05) is 12.1 Å². The molecule has 0 unspecified atom stereocenters. The van der Waals surface area contributed by atoms with Crippen LogP contribution in [0, 0.1) is 0 Å².